The van der Waals surface area contributed by atoms with Gasteiger partial charge in [0.05, 0.1) is 12.6 Å². The van der Waals surface area contributed by atoms with Crippen LogP contribution >= 0.6 is 0 Å². The number of aromatic nitrogens is 4. The van der Waals surface area contributed by atoms with E-state index in [4.69, 9.17) is 4.98 Å². The van der Waals surface area contributed by atoms with E-state index in [0.29, 0.717) is 19.0 Å². The second kappa shape index (κ2) is 7.53. The van der Waals surface area contributed by atoms with E-state index in [1.165, 1.54) is 0 Å². The van der Waals surface area contributed by atoms with Gasteiger partial charge in [-0.15, -0.1) is 0 Å². The Morgan fingerprint density at radius 3 is 2.86 bits per heavy atom. The number of fused-ring (bicyclic) bond motifs is 2. The van der Waals surface area contributed by atoms with Gasteiger partial charge in [-0.3, -0.25) is 9.59 Å². The number of hydrogen-bond acceptors (Lipinski definition) is 4. The minimum atomic E-state index is -0.275. The molecule has 3 heterocycles. The van der Waals surface area contributed by atoms with Gasteiger partial charge in [-0.25, -0.2) is 9.67 Å². The number of pyridine rings is 1. The third kappa shape index (κ3) is 3.50. The number of nitrogens with zero attached hydrogens (tertiary/aromatic N) is 4. The van der Waals surface area contributed by atoms with Gasteiger partial charge in [0, 0.05) is 18.7 Å². The molecule has 7 heteroatoms. The van der Waals surface area contributed by atoms with E-state index >= 15 is 0 Å². The van der Waals surface area contributed by atoms with E-state index in [1.807, 2.05) is 17.7 Å². The lowest BCUT2D eigenvalue weighted by atomic mass is 9.94. The van der Waals surface area contributed by atoms with Crippen LogP contribution in [0, 0.1) is 5.92 Å². The quantitative estimate of drug-likeness (QED) is 0.880. The minimum Gasteiger partial charge on any atom is -0.327 e. The topological polar surface area (TPSA) is 83.9 Å². The molecule has 150 valence electrons. The predicted molar refractivity (Wildman–Crippen MR) is 106 cm³/mol. The zero-order chi connectivity index (χ0) is 19.8. The molecule has 2 aliphatic rings. The maximum atomic E-state index is 13.2. The molecule has 1 aliphatic carbocycles. The van der Waals surface area contributed by atoms with Crippen molar-refractivity contribution in [2.45, 2.75) is 71.9 Å². The van der Waals surface area contributed by atoms with Crippen LogP contribution in [-0.2, 0) is 25.8 Å². The lowest BCUT2D eigenvalue weighted by Crippen LogP contribution is -2.43. The zero-order valence-electron chi connectivity index (χ0n) is 17.0. The highest BCUT2D eigenvalue weighted by atomic mass is 16.2. The van der Waals surface area contributed by atoms with Crippen LogP contribution < -0.4 is 5.56 Å². The Morgan fingerprint density at radius 2 is 2.07 bits per heavy atom. The second-order valence-corrected chi connectivity index (χ2v) is 8.44. The summed E-state index contributed by atoms with van der Waals surface area (Å²) in [6, 6.07) is 1.62. The Morgan fingerprint density at radius 1 is 1.29 bits per heavy atom. The summed E-state index contributed by atoms with van der Waals surface area (Å²) in [5, 5.41) is 4.61. The van der Waals surface area contributed by atoms with Crippen LogP contribution in [0.15, 0.2) is 10.9 Å². The fraction of sp³-hybridized carbons (Fsp3) is 0.619. The van der Waals surface area contributed by atoms with Gasteiger partial charge in [-0.2, -0.15) is 5.10 Å². The number of hydrogen-bond donors (Lipinski definition) is 1. The van der Waals surface area contributed by atoms with Crippen LogP contribution in [0.25, 0.3) is 0 Å². The van der Waals surface area contributed by atoms with E-state index in [2.05, 4.69) is 23.9 Å². The minimum absolute atomic E-state index is 0.197. The van der Waals surface area contributed by atoms with Crippen molar-refractivity contribution in [1.29, 1.82) is 0 Å². The molecular weight excluding hydrogens is 354 g/mol. The maximum Gasteiger partial charge on any atom is 0.261 e. The third-order valence-electron chi connectivity index (χ3n) is 5.91. The molecule has 1 N–H and O–H groups in total. The molecule has 0 radical (unpaired) electrons. The predicted octanol–water partition coefficient (Wildman–Crippen LogP) is 2.65. The molecule has 2 aromatic heterocycles. The van der Waals surface area contributed by atoms with Gasteiger partial charge in [0.25, 0.3) is 11.5 Å². The highest BCUT2D eigenvalue weighted by molar-refractivity contribution is 5.94. The monoisotopic (exact) mass is 383 g/mol. The van der Waals surface area contributed by atoms with Crippen LogP contribution in [-0.4, -0.2) is 37.1 Å². The number of nitrogens with one attached hydrogen (secondary N) is 1. The second-order valence-electron chi connectivity index (χ2n) is 8.44. The fourth-order valence-electron chi connectivity index (χ4n) is 4.20. The molecular formula is C21H29N5O2. The molecule has 1 amide bonds. The van der Waals surface area contributed by atoms with E-state index in [9.17, 15) is 9.59 Å². The largest absolute Gasteiger partial charge is 0.327 e. The van der Waals surface area contributed by atoms with E-state index in [-0.39, 0.29) is 23.1 Å². The van der Waals surface area contributed by atoms with Crippen molar-refractivity contribution in [2.75, 3.05) is 6.54 Å². The number of carbonyl (C=O) groups is 1. The average molecular weight is 383 g/mol. The van der Waals surface area contributed by atoms with Crippen molar-refractivity contribution in [3.8, 4) is 0 Å². The Hall–Kier alpha value is -2.44. The van der Waals surface area contributed by atoms with E-state index in [1.54, 1.807) is 4.90 Å². The highest BCUT2D eigenvalue weighted by Gasteiger charge is 2.32. The SMILES string of the molecule is CC(C)CCc1nc2n(n1)CCN(C(=O)c1cc3c([nH]c1=O)CCCC3)[C@@H]2C. The van der Waals surface area contributed by atoms with E-state index < -0.39 is 0 Å². The molecule has 0 bridgehead atoms. The molecule has 4 rings (SSSR count). The molecule has 1 aliphatic heterocycles. The summed E-state index contributed by atoms with van der Waals surface area (Å²) in [5.41, 5.74) is 2.08. The van der Waals surface area contributed by atoms with Crippen molar-refractivity contribution in [3.05, 3.63) is 44.9 Å². The molecule has 0 fully saturated rings. The molecule has 2 aromatic rings. The van der Waals surface area contributed by atoms with Gasteiger partial charge < -0.3 is 9.88 Å². The number of amides is 1. The lowest BCUT2D eigenvalue weighted by Gasteiger charge is -2.33. The van der Waals surface area contributed by atoms with Gasteiger partial charge >= 0.3 is 0 Å². The first kappa shape index (κ1) is 18.9. The Bertz CT molecular complexity index is 943. The normalized spacial score (nSPS) is 18.9. The first-order chi connectivity index (χ1) is 13.4. The van der Waals surface area contributed by atoms with Crippen LogP contribution in [0.2, 0.25) is 0 Å². The van der Waals surface area contributed by atoms with Gasteiger partial charge in [0.2, 0.25) is 0 Å². The third-order valence-corrected chi connectivity index (χ3v) is 5.91. The van der Waals surface area contributed by atoms with Crippen LogP contribution in [0.1, 0.15) is 79.3 Å². The molecule has 1 atom stereocenters. The van der Waals surface area contributed by atoms with Crippen molar-refractivity contribution in [1.82, 2.24) is 24.6 Å². The number of rotatable bonds is 4. The first-order valence-corrected chi connectivity index (χ1v) is 10.4. The molecule has 28 heavy (non-hydrogen) atoms. The van der Waals surface area contributed by atoms with Crippen molar-refractivity contribution in [3.63, 3.8) is 0 Å². The Balaban J connectivity index is 1.57. The van der Waals surface area contributed by atoms with Gasteiger partial charge in [0.15, 0.2) is 5.82 Å². The summed E-state index contributed by atoms with van der Waals surface area (Å²) in [7, 11) is 0. The summed E-state index contributed by atoms with van der Waals surface area (Å²) in [5.74, 6) is 2.05. The summed E-state index contributed by atoms with van der Waals surface area (Å²) in [6.07, 6.45) is 5.91. The molecule has 0 saturated heterocycles. The number of aromatic amines is 1. The van der Waals surface area contributed by atoms with Crippen LogP contribution in [0.3, 0.4) is 0 Å². The summed E-state index contributed by atoms with van der Waals surface area (Å²) in [4.78, 5) is 35.1. The van der Waals surface area contributed by atoms with E-state index in [0.717, 1.165) is 61.4 Å². The summed E-state index contributed by atoms with van der Waals surface area (Å²) in [6.45, 7) is 7.50. The lowest BCUT2D eigenvalue weighted by molar-refractivity contribution is 0.0628. The first-order valence-electron chi connectivity index (χ1n) is 10.4. The number of aryl methyl sites for hydroxylation is 3. The van der Waals surface area contributed by atoms with Crippen LogP contribution in [0.4, 0.5) is 0 Å². The zero-order valence-corrected chi connectivity index (χ0v) is 17.0. The molecule has 0 saturated carbocycles. The molecule has 7 nitrogen and oxygen atoms in total. The fourth-order valence-corrected chi connectivity index (χ4v) is 4.20. The number of carbonyl (C=O) groups excluding carboxylic acids is 1. The van der Waals surface area contributed by atoms with Gasteiger partial charge in [-0.1, -0.05) is 13.8 Å². The Kier molecular flexibility index (Phi) is 5.08. The van der Waals surface area contributed by atoms with Crippen LogP contribution in [0.5, 0.6) is 0 Å². The highest BCUT2D eigenvalue weighted by Crippen LogP contribution is 2.26. The summed E-state index contributed by atoms with van der Waals surface area (Å²) < 4.78 is 1.92. The van der Waals surface area contributed by atoms with Crippen molar-refractivity contribution in [2.24, 2.45) is 5.92 Å². The number of H-pyrrole nitrogens is 1. The average Bonchev–Trinajstić information content (AvgIpc) is 3.10. The van der Waals surface area contributed by atoms with Gasteiger partial charge in [0.1, 0.15) is 11.4 Å². The Labute approximate surface area is 165 Å². The molecule has 0 aromatic carbocycles. The molecule has 0 spiro atoms. The smallest absolute Gasteiger partial charge is 0.261 e. The van der Waals surface area contributed by atoms with Gasteiger partial charge in [-0.05, 0) is 56.6 Å². The van der Waals surface area contributed by atoms with Crippen molar-refractivity contribution < 1.29 is 4.79 Å². The maximum absolute atomic E-state index is 13.2. The molecule has 0 unspecified atom stereocenters. The standard InChI is InChI=1S/C21H29N5O2/c1-13(2)8-9-18-23-19-14(3)25(10-11-26(19)24-18)21(28)16-12-15-6-4-5-7-17(15)22-20(16)27/h12-14H,4-11H2,1-3H3,(H,22,27)/t14-/m1/s1. The van der Waals surface area contributed by atoms with Crippen molar-refractivity contribution >= 4 is 5.91 Å². The summed E-state index contributed by atoms with van der Waals surface area (Å²) >= 11 is 0.